The third-order valence-electron chi connectivity index (χ3n) is 2.82. The Balaban J connectivity index is 2.15. The van der Waals surface area contributed by atoms with Crippen molar-refractivity contribution in [2.24, 2.45) is 0 Å². The van der Waals surface area contributed by atoms with E-state index in [9.17, 15) is 4.79 Å². The van der Waals surface area contributed by atoms with Crippen LogP contribution in [0.15, 0.2) is 68.7 Å². The van der Waals surface area contributed by atoms with Gasteiger partial charge in [0.15, 0.2) is 0 Å². The molecule has 0 atom stereocenters. The Bertz CT molecular complexity index is 795. The van der Waals surface area contributed by atoms with Crippen molar-refractivity contribution >= 4 is 35.0 Å². The van der Waals surface area contributed by atoms with Gasteiger partial charge in [-0.15, -0.1) is 12.6 Å². The Morgan fingerprint density at radius 1 is 0.947 bits per heavy atom. The van der Waals surface area contributed by atoms with Gasteiger partial charge in [-0.25, -0.2) is 4.79 Å². The Morgan fingerprint density at radius 3 is 2.53 bits per heavy atom. The fourth-order valence-corrected chi connectivity index (χ4v) is 2.16. The molecule has 3 aromatic rings. The average Bonchev–Trinajstić information content (AvgIpc) is 2.41. The number of nitrogens with one attached hydrogen (secondary N) is 1. The summed E-state index contributed by atoms with van der Waals surface area (Å²) in [5.74, 6) is 0. The standard InChI is InChI=1S/C15H11NO2S/c17-15-9-12(10-5-1-3-7-13(10)18-15)16-11-6-2-4-8-14(11)19/h1-9,16,19H. The summed E-state index contributed by atoms with van der Waals surface area (Å²) in [6, 6.07) is 16.5. The summed E-state index contributed by atoms with van der Waals surface area (Å²) in [5.41, 5.74) is 1.75. The van der Waals surface area contributed by atoms with Gasteiger partial charge in [0.1, 0.15) is 5.58 Å². The van der Waals surface area contributed by atoms with E-state index >= 15 is 0 Å². The van der Waals surface area contributed by atoms with E-state index in [4.69, 9.17) is 4.42 Å². The van der Waals surface area contributed by atoms with E-state index < -0.39 is 0 Å². The van der Waals surface area contributed by atoms with Crippen molar-refractivity contribution in [1.82, 2.24) is 0 Å². The molecule has 0 saturated heterocycles. The maximum atomic E-state index is 11.6. The minimum absolute atomic E-state index is 0.377. The summed E-state index contributed by atoms with van der Waals surface area (Å²) in [6.45, 7) is 0. The smallest absolute Gasteiger partial charge is 0.338 e. The van der Waals surface area contributed by atoms with Crippen molar-refractivity contribution < 1.29 is 4.42 Å². The first-order valence-corrected chi connectivity index (χ1v) is 6.27. The van der Waals surface area contributed by atoms with Gasteiger partial charge in [0, 0.05) is 16.3 Å². The van der Waals surface area contributed by atoms with Crippen LogP contribution in [0.1, 0.15) is 0 Å². The number of hydrogen-bond acceptors (Lipinski definition) is 4. The highest BCUT2D eigenvalue weighted by Crippen LogP contribution is 2.27. The molecule has 0 aliphatic heterocycles. The van der Waals surface area contributed by atoms with Gasteiger partial charge >= 0.3 is 5.63 Å². The van der Waals surface area contributed by atoms with Crippen LogP contribution in [0.4, 0.5) is 11.4 Å². The molecule has 19 heavy (non-hydrogen) atoms. The summed E-state index contributed by atoms with van der Waals surface area (Å²) < 4.78 is 5.16. The minimum atomic E-state index is -0.377. The molecule has 0 radical (unpaired) electrons. The molecule has 0 fully saturated rings. The van der Waals surface area contributed by atoms with E-state index in [0.29, 0.717) is 11.3 Å². The highest BCUT2D eigenvalue weighted by molar-refractivity contribution is 7.80. The van der Waals surface area contributed by atoms with Crippen LogP contribution in [0.25, 0.3) is 11.0 Å². The van der Waals surface area contributed by atoms with Crippen LogP contribution in [0.2, 0.25) is 0 Å². The first-order valence-electron chi connectivity index (χ1n) is 5.82. The molecule has 3 nitrogen and oxygen atoms in total. The van der Waals surface area contributed by atoms with Gasteiger partial charge < -0.3 is 9.73 Å². The van der Waals surface area contributed by atoms with Gasteiger partial charge in [0.05, 0.1) is 11.4 Å². The molecule has 1 N–H and O–H groups in total. The molecule has 0 unspecified atom stereocenters. The number of anilines is 2. The number of hydrogen-bond donors (Lipinski definition) is 2. The molecule has 0 spiro atoms. The van der Waals surface area contributed by atoms with Gasteiger partial charge in [0.2, 0.25) is 0 Å². The molecule has 1 heterocycles. The Morgan fingerprint density at radius 2 is 1.68 bits per heavy atom. The molecular formula is C15H11NO2S. The first-order chi connectivity index (χ1) is 9.24. The summed E-state index contributed by atoms with van der Waals surface area (Å²) in [5, 5.41) is 4.08. The highest BCUT2D eigenvalue weighted by Gasteiger charge is 2.06. The minimum Gasteiger partial charge on any atom is -0.423 e. The molecule has 0 aliphatic carbocycles. The van der Waals surface area contributed by atoms with Gasteiger partial charge in [-0.3, -0.25) is 0 Å². The van der Waals surface area contributed by atoms with E-state index in [1.807, 2.05) is 42.5 Å². The fourth-order valence-electron chi connectivity index (χ4n) is 1.94. The number of benzene rings is 2. The predicted octanol–water partition coefficient (Wildman–Crippen LogP) is 3.83. The first kappa shape index (κ1) is 11.9. The van der Waals surface area contributed by atoms with Gasteiger partial charge in [-0.1, -0.05) is 24.3 Å². The molecule has 1 aromatic heterocycles. The zero-order valence-electron chi connectivity index (χ0n) is 9.96. The zero-order valence-corrected chi connectivity index (χ0v) is 10.9. The summed E-state index contributed by atoms with van der Waals surface area (Å²) in [6.07, 6.45) is 0. The lowest BCUT2D eigenvalue weighted by Gasteiger charge is -2.10. The van der Waals surface area contributed by atoms with Crippen molar-refractivity contribution in [2.45, 2.75) is 4.90 Å². The van der Waals surface area contributed by atoms with Gasteiger partial charge in [-0.05, 0) is 24.3 Å². The van der Waals surface area contributed by atoms with Crippen molar-refractivity contribution in [3.05, 3.63) is 65.0 Å². The quantitative estimate of drug-likeness (QED) is 0.549. The number of para-hydroxylation sites is 2. The number of rotatable bonds is 2. The monoisotopic (exact) mass is 269 g/mol. The van der Waals surface area contributed by atoms with Gasteiger partial charge in [0.25, 0.3) is 0 Å². The molecule has 94 valence electrons. The lowest BCUT2D eigenvalue weighted by molar-refractivity contribution is 0.561. The topological polar surface area (TPSA) is 42.2 Å². The molecular weight excluding hydrogens is 258 g/mol. The average molecular weight is 269 g/mol. The van der Waals surface area contributed by atoms with Crippen LogP contribution < -0.4 is 10.9 Å². The second kappa shape index (κ2) is 4.82. The Labute approximate surface area is 115 Å². The van der Waals surface area contributed by atoms with E-state index in [0.717, 1.165) is 16.0 Å². The molecule has 4 heteroatoms. The number of thiol groups is 1. The van der Waals surface area contributed by atoms with E-state index in [1.54, 1.807) is 6.07 Å². The van der Waals surface area contributed by atoms with Crippen molar-refractivity contribution in [1.29, 1.82) is 0 Å². The SMILES string of the molecule is O=c1cc(Nc2ccccc2S)c2ccccc2o1. The second-order valence-electron chi connectivity index (χ2n) is 4.12. The number of fused-ring (bicyclic) bond motifs is 1. The Hall–Kier alpha value is -2.20. The van der Waals surface area contributed by atoms with E-state index in [1.165, 1.54) is 6.07 Å². The van der Waals surface area contributed by atoms with Gasteiger partial charge in [-0.2, -0.15) is 0 Å². The summed E-state index contributed by atoms with van der Waals surface area (Å²) in [4.78, 5) is 12.4. The van der Waals surface area contributed by atoms with E-state index in [-0.39, 0.29) is 5.63 Å². The maximum absolute atomic E-state index is 11.6. The highest BCUT2D eigenvalue weighted by atomic mass is 32.1. The summed E-state index contributed by atoms with van der Waals surface area (Å²) >= 11 is 4.38. The second-order valence-corrected chi connectivity index (χ2v) is 4.60. The predicted molar refractivity (Wildman–Crippen MR) is 79.5 cm³/mol. The lowest BCUT2D eigenvalue weighted by Crippen LogP contribution is -2.01. The molecule has 0 saturated carbocycles. The van der Waals surface area contributed by atoms with Crippen molar-refractivity contribution in [3.63, 3.8) is 0 Å². The fraction of sp³-hybridized carbons (Fsp3) is 0. The van der Waals surface area contributed by atoms with Crippen LogP contribution in [-0.2, 0) is 0 Å². The molecule has 0 amide bonds. The van der Waals surface area contributed by atoms with Crippen LogP contribution in [0.5, 0.6) is 0 Å². The van der Waals surface area contributed by atoms with Crippen molar-refractivity contribution in [3.8, 4) is 0 Å². The molecule has 3 rings (SSSR count). The maximum Gasteiger partial charge on any atom is 0.338 e. The summed E-state index contributed by atoms with van der Waals surface area (Å²) in [7, 11) is 0. The van der Waals surface area contributed by atoms with Crippen LogP contribution in [-0.4, -0.2) is 0 Å². The van der Waals surface area contributed by atoms with Crippen LogP contribution in [0, 0.1) is 0 Å². The Kier molecular flexibility index (Phi) is 3.01. The van der Waals surface area contributed by atoms with Crippen LogP contribution in [0.3, 0.4) is 0 Å². The largest absolute Gasteiger partial charge is 0.423 e. The molecule has 0 bridgehead atoms. The molecule has 2 aromatic carbocycles. The molecule has 0 aliphatic rings. The van der Waals surface area contributed by atoms with E-state index in [2.05, 4.69) is 17.9 Å². The lowest BCUT2D eigenvalue weighted by atomic mass is 10.2. The third kappa shape index (κ3) is 2.35. The third-order valence-corrected chi connectivity index (χ3v) is 3.21. The normalized spacial score (nSPS) is 10.6. The van der Waals surface area contributed by atoms with Crippen molar-refractivity contribution in [2.75, 3.05) is 5.32 Å². The zero-order chi connectivity index (χ0) is 13.2. The van der Waals surface area contributed by atoms with Crippen LogP contribution >= 0.6 is 12.6 Å².